The molecular weight excluding hydrogens is 444 g/mol. The van der Waals surface area contributed by atoms with Gasteiger partial charge in [0.25, 0.3) is 5.91 Å². The fourth-order valence-electron chi connectivity index (χ4n) is 3.77. The van der Waals surface area contributed by atoms with Gasteiger partial charge < -0.3 is 24.1 Å². The third kappa shape index (κ3) is 6.00. The smallest absolute Gasteiger partial charge is 0.290 e. The molecular formula is C28H28N2O5. The van der Waals surface area contributed by atoms with Gasteiger partial charge in [0.15, 0.2) is 5.76 Å². The summed E-state index contributed by atoms with van der Waals surface area (Å²) in [5.41, 5.74) is 0.551. The minimum absolute atomic E-state index is 0.103. The van der Waals surface area contributed by atoms with Crippen molar-refractivity contribution < 1.29 is 23.5 Å². The summed E-state index contributed by atoms with van der Waals surface area (Å²) < 4.78 is 16.9. The van der Waals surface area contributed by atoms with Gasteiger partial charge in [0.1, 0.15) is 30.4 Å². The van der Waals surface area contributed by atoms with E-state index in [2.05, 4.69) is 5.32 Å². The highest BCUT2D eigenvalue weighted by Crippen LogP contribution is 2.24. The third-order valence-electron chi connectivity index (χ3n) is 5.47. The molecule has 0 bridgehead atoms. The van der Waals surface area contributed by atoms with E-state index in [4.69, 9.17) is 13.9 Å². The van der Waals surface area contributed by atoms with Gasteiger partial charge in [0.05, 0.1) is 12.8 Å². The van der Waals surface area contributed by atoms with Crippen molar-refractivity contribution in [2.45, 2.75) is 20.0 Å². The lowest BCUT2D eigenvalue weighted by Gasteiger charge is -2.20. The van der Waals surface area contributed by atoms with Crippen LogP contribution in [0.4, 0.5) is 5.69 Å². The molecule has 4 aromatic rings. The van der Waals surface area contributed by atoms with Gasteiger partial charge in [-0.25, -0.2) is 0 Å². The van der Waals surface area contributed by atoms with Gasteiger partial charge in [-0.2, -0.15) is 0 Å². The SMILES string of the molecule is CCCN(CC(=O)Nc1ccccc1OC)C(=O)c1ccc(COc2ccc3ccccc3c2)o1. The lowest BCUT2D eigenvalue weighted by Crippen LogP contribution is -2.38. The van der Waals surface area contributed by atoms with Gasteiger partial charge in [-0.1, -0.05) is 49.4 Å². The molecule has 2 amide bonds. The zero-order valence-corrected chi connectivity index (χ0v) is 19.8. The van der Waals surface area contributed by atoms with E-state index in [1.807, 2.05) is 55.5 Å². The molecule has 4 rings (SSSR count). The lowest BCUT2D eigenvalue weighted by atomic mass is 10.1. The molecule has 0 radical (unpaired) electrons. The molecule has 1 N–H and O–H groups in total. The predicted molar refractivity (Wildman–Crippen MR) is 135 cm³/mol. The van der Waals surface area contributed by atoms with Crippen molar-refractivity contribution >= 4 is 28.3 Å². The maximum atomic E-state index is 13.1. The van der Waals surface area contributed by atoms with E-state index in [0.717, 1.165) is 10.8 Å². The van der Waals surface area contributed by atoms with Crippen molar-refractivity contribution in [1.82, 2.24) is 4.90 Å². The fourth-order valence-corrected chi connectivity index (χ4v) is 3.77. The summed E-state index contributed by atoms with van der Waals surface area (Å²) in [6, 6.07) is 24.4. The van der Waals surface area contributed by atoms with E-state index in [-0.39, 0.29) is 30.7 Å². The Kier molecular flexibility index (Phi) is 7.67. The summed E-state index contributed by atoms with van der Waals surface area (Å²) in [7, 11) is 1.54. The molecule has 0 atom stereocenters. The number of nitrogens with one attached hydrogen (secondary N) is 1. The summed E-state index contributed by atoms with van der Waals surface area (Å²) in [6.07, 6.45) is 0.701. The first-order valence-electron chi connectivity index (χ1n) is 11.5. The molecule has 0 unspecified atom stereocenters. The van der Waals surface area contributed by atoms with Crippen molar-refractivity contribution in [3.63, 3.8) is 0 Å². The minimum atomic E-state index is -0.348. The number of fused-ring (bicyclic) bond motifs is 1. The maximum Gasteiger partial charge on any atom is 0.290 e. The van der Waals surface area contributed by atoms with Crippen LogP contribution in [0, 0.1) is 0 Å². The van der Waals surface area contributed by atoms with Crippen LogP contribution >= 0.6 is 0 Å². The number of para-hydroxylation sites is 2. The van der Waals surface area contributed by atoms with Crippen LogP contribution < -0.4 is 14.8 Å². The summed E-state index contributed by atoms with van der Waals surface area (Å²) in [4.78, 5) is 27.2. The molecule has 0 aliphatic heterocycles. The molecule has 0 fully saturated rings. The molecule has 3 aromatic carbocycles. The third-order valence-corrected chi connectivity index (χ3v) is 5.47. The van der Waals surface area contributed by atoms with Crippen molar-refractivity contribution in [2.24, 2.45) is 0 Å². The molecule has 180 valence electrons. The quantitative estimate of drug-likeness (QED) is 0.329. The number of amides is 2. The van der Waals surface area contributed by atoms with Gasteiger partial charge in [-0.05, 0) is 53.6 Å². The zero-order valence-electron chi connectivity index (χ0n) is 19.8. The molecule has 7 nitrogen and oxygen atoms in total. The Morgan fingerprint density at radius 1 is 0.943 bits per heavy atom. The van der Waals surface area contributed by atoms with E-state index in [1.54, 1.807) is 30.3 Å². The number of hydrogen-bond donors (Lipinski definition) is 1. The first kappa shape index (κ1) is 23.9. The fraction of sp³-hybridized carbons (Fsp3) is 0.214. The number of methoxy groups -OCH3 is 1. The van der Waals surface area contributed by atoms with Gasteiger partial charge in [-0.3, -0.25) is 9.59 Å². The lowest BCUT2D eigenvalue weighted by molar-refractivity contribution is -0.116. The number of rotatable bonds is 10. The number of nitrogens with zero attached hydrogens (tertiary/aromatic N) is 1. The van der Waals surface area contributed by atoms with Crippen LogP contribution in [0.25, 0.3) is 10.8 Å². The van der Waals surface area contributed by atoms with Crippen LogP contribution in [0.2, 0.25) is 0 Å². The molecule has 0 spiro atoms. The Hall–Kier alpha value is -4.26. The summed E-state index contributed by atoms with van der Waals surface area (Å²) >= 11 is 0. The molecule has 35 heavy (non-hydrogen) atoms. The molecule has 1 heterocycles. The number of carbonyl (C=O) groups excluding carboxylic acids is 2. The normalized spacial score (nSPS) is 10.7. The van der Waals surface area contributed by atoms with Gasteiger partial charge in [0.2, 0.25) is 5.91 Å². The Bertz CT molecular complexity index is 1310. The van der Waals surface area contributed by atoms with Gasteiger partial charge in [-0.15, -0.1) is 0 Å². The van der Waals surface area contributed by atoms with Crippen molar-refractivity contribution in [3.05, 3.63) is 90.4 Å². The van der Waals surface area contributed by atoms with Crippen LogP contribution in [-0.2, 0) is 11.4 Å². The van der Waals surface area contributed by atoms with Crippen LogP contribution in [-0.4, -0.2) is 36.9 Å². The molecule has 7 heteroatoms. The van der Waals surface area contributed by atoms with Gasteiger partial charge in [0, 0.05) is 6.54 Å². The van der Waals surface area contributed by atoms with E-state index >= 15 is 0 Å². The average Bonchev–Trinajstić information content (AvgIpc) is 3.36. The number of furan rings is 1. The Labute approximate surface area is 204 Å². The standard InChI is InChI=1S/C28H28N2O5/c1-3-16-30(18-27(31)29-24-10-6-7-11-25(24)33-2)28(32)26-15-14-23(35-26)19-34-22-13-12-20-8-4-5-9-21(20)17-22/h4-15,17H,3,16,18-19H2,1-2H3,(H,29,31). The summed E-state index contributed by atoms with van der Waals surface area (Å²) in [5.74, 6) is 1.30. The number of hydrogen-bond acceptors (Lipinski definition) is 5. The molecule has 1 aromatic heterocycles. The van der Waals surface area contributed by atoms with Crippen molar-refractivity contribution in [3.8, 4) is 11.5 Å². The van der Waals surface area contributed by atoms with Crippen LogP contribution in [0.15, 0.2) is 83.3 Å². The second-order valence-electron chi connectivity index (χ2n) is 8.04. The number of carbonyl (C=O) groups is 2. The Morgan fingerprint density at radius 2 is 1.71 bits per heavy atom. The van der Waals surface area contributed by atoms with Crippen LogP contribution in [0.3, 0.4) is 0 Å². The number of anilines is 1. The largest absolute Gasteiger partial charge is 0.495 e. The van der Waals surface area contributed by atoms with Crippen LogP contribution in [0.1, 0.15) is 29.7 Å². The number of benzene rings is 3. The van der Waals surface area contributed by atoms with Gasteiger partial charge >= 0.3 is 0 Å². The highest BCUT2D eigenvalue weighted by Gasteiger charge is 2.22. The Morgan fingerprint density at radius 3 is 2.51 bits per heavy atom. The van der Waals surface area contributed by atoms with Crippen molar-refractivity contribution in [2.75, 3.05) is 25.5 Å². The highest BCUT2D eigenvalue weighted by molar-refractivity contribution is 5.98. The topological polar surface area (TPSA) is 81.0 Å². The number of ether oxygens (including phenoxy) is 2. The Balaban J connectivity index is 1.38. The van der Waals surface area contributed by atoms with Crippen molar-refractivity contribution in [1.29, 1.82) is 0 Å². The van der Waals surface area contributed by atoms with E-state index in [0.29, 0.717) is 35.9 Å². The van der Waals surface area contributed by atoms with Crippen LogP contribution in [0.5, 0.6) is 11.5 Å². The minimum Gasteiger partial charge on any atom is -0.495 e. The van der Waals surface area contributed by atoms with E-state index < -0.39 is 0 Å². The molecule has 0 saturated heterocycles. The second kappa shape index (κ2) is 11.2. The molecule has 0 saturated carbocycles. The second-order valence-corrected chi connectivity index (χ2v) is 8.04. The first-order chi connectivity index (χ1) is 17.1. The van der Waals surface area contributed by atoms with E-state index in [9.17, 15) is 9.59 Å². The summed E-state index contributed by atoms with van der Waals surface area (Å²) in [6.45, 7) is 2.45. The van der Waals surface area contributed by atoms with E-state index in [1.165, 1.54) is 12.0 Å². The highest BCUT2D eigenvalue weighted by atomic mass is 16.5. The average molecular weight is 473 g/mol. The monoisotopic (exact) mass is 472 g/mol. The maximum absolute atomic E-state index is 13.1. The predicted octanol–water partition coefficient (Wildman–Crippen LogP) is 5.51. The molecule has 0 aliphatic rings. The molecule has 0 aliphatic carbocycles. The zero-order chi connectivity index (χ0) is 24.6. The first-order valence-corrected chi connectivity index (χ1v) is 11.5. The summed E-state index contributed by atoms with van der Waals surface area (Å²) in [5, 5.41) is 5.03.